The first-order chi connectivity index (χ1) is 27.3. The Kier molecular flexibility index (Phi) is 17.1. The maximum absolute atomic E-state index is 13.0. The Morgan fingerprint density at radius 1 is 0.661 bits per heavy atom. The van der Waals surface area contributed by atoms with Crippen LogP contribution in [0.1, 0.15) is 59.9 Å². The van der Waals surface area contributed by atoms with Gasteiger partial charge in [-0.3, -0.25) is 19.2 Å². The van der Waals surface area contributed by atoms with Gasteiger partial charge >= 0.3 is 59.1 Å². The van der Waals surface area contributed by atoms with Crippen LogP contribution < -0.4 is 80.0 Å². The van der Waals surface area contributed by atoms with Crippen molar-refractivity contribution in [1.82, 2.24) is 30.7 Å². The molecule has 320 valence electrons. The third-order valence-corrected chi connectivity index (χ3v) is 14.1. The van der Waals surface area contributed by atoms with Crippen LogP contribution in [0.25, 0.3) is 22.5 Å². The molecular weight excluding hydrogens is 913 g/mol. The zero-order chi connectivity index (χ0) is 42.2. The Hall–Kier alpha value is -3.12. The van der Waals surface area contributed by atoms with Crippen molar-refractivity contribution in [1.29, 1.82) is 0 Å². The van der Waals surface area contributed by atoms with Crippen molar-refractivity contribution in [3.8, 4) is 22.5 Å². The molecule has 6 heterocycles. The number of carbonyl (C=O) groups excluding carboxylic acids is 6. The van der Waals surface area contributed by atoms with E-state index >= 15 is 0 Å². The van der Waals surface area contributed by atoms with Gasteiger partial charge in [0, 0.05) is 20.6 Å². The number of rotatable bonds is 8. The average molecular weight is 952 g/mol. The number of nitrogens with zero attached hydrogens (tertiary/aromatic N) is 4. The van der Waals surface area contributed by atoms with Crippen LogP contribution in [0.15, 0.2) is 57.6 Å². The van der Waals surface area contributed by atoms with Gasteiger partial charge in [0.1, 0.15) is 56.9 Å². The molecule has 6 N–H and O–H groups in total. The van der Waals surface area contributed by atoms with E-state index in [4.69, 9.17) is 32.2 Å². The molecule has 4 saturated heterocycles. The van der Waals surface area contributed by atoms with E-state index in [1.165, 1.54) is 33.3 Å². The summed E-state index contributed by atoms with van der Waals surface area (Å²) in [4.78, 5) is 76.7. The van der Waals surface area contributed by atoms with E-state index in [-0.39, 0.29) is 104 Å². The second-order valence-electron chi connectivity index (χ2n) is 14.9. The number of amides is 4. The first kappa shape index (κ1) is 53.2. The molecule has 0 unspecified atom stereocenters. The van der Waals surface area contributed by atoms with Crippen molar-refractivity contribution in [3.63, 3.8) is 0 Å². The smallest absolute Gasteiger partial charge is 0.548 e. The van der Waals surface area contributed by atoms with Crippen molar-refractivity contribution < 1.29 is 118 Å². The predicted molar refractivity (Wildman–Crippen MR) is 215 cm³/mol. The summed E-state index contributed by atoms with van der Waals surface area (Å²) in [6, 6.07) is 10.0. The first-order valence-corrected chi connectivity index (χ1v) is 20.2. The fourth-order valence-electron chi connectivity index (χ4n) is 7.63. The molecule has 4 fully saturated rings. The summed E-state index contributed by atoms with van der Waals surface area (Å²) in [5, 5.41) is 36.2. The average Bonchev–Trinajstić information content (AvgIpc) is 3.87. The number of carboxylic acids is 2. The van der Waals surface area contributed by atoms with Crippen molar-refractivity contribution in [2.45, 2.75) is 86.0 Å². The van der Waals surface area contributed by atoms with Crippen molar-refractivity contribution in [2.24, 2.45) is 0 Å². The molecule has 4 amide bonds. The van der Waals surface area contributed by atoms with Crippen molar-refractivity contribution in [2.75, 3.05) is 0 Å². The zero-order valence-electron chi connectivity index (χ0n) is 34.5. The van der Waals surface area contributed by atoms with Crippen molar-refractivity contribution >= 4 is 82.3 Å². The van der Waals surface area contributed by atoms with E-state index in [1.54, 1.807) is 90.1 Å². The molecule has 0 saturated carbocycles. The summed E-state index contributed by atoms with van der Waals surface area (Å²) in [6.45, 7) is 10.1. The SMILES string of the molecule is Cc1onc(-c2ccccc2Cl)c1C(=O)N[C@@H]1C(=O)N2[C@@H]1SC(C)(C)[C@@H]2C(=O)[O-].Cc1onc(-c2ccccc2Cl)c1C(=O)N[C@@H]1C(=O)N2[C@@H]1SC(C)(C)[C@@H]2C(=O)[O-].O.O.[Na+].[Na+]. The molecule has 4 aromatic rings. The number of aromatic nitrogens is 2. The second kappa shape index (κ2) is 20.0. The van der Waals surface area contributed by atoms with Crippen molar-refractivity contribution in [3.05, 3.63) is 81.2 Å². The molecule has 6 atom stereocenters. The summed E-state index contributed by atoms with van der Waals surface area (Å²) in [5.74, 6) is -4.02. The van der Waals surface area contributed by atoms with Gasteiger partial charge < -0.3 is 60.2 Å². The van der Waals surface area contributed by atoms with Gasteiger partial charge in [0.15, 0.2) is 0 Å². The summed E-state index contributed by atoms with van der Waals surface area (Å²) in [6.07, 6.45) is 0. The van der Waals surface area contributed by atoms with Gasteiger partial charge in [-0.15, -0.1) is 23.5 Å². The molecule has 4 aliphatic heterocycles. The fraction of sp³-hybridized carbons (Fsp3) is 0.368. The number of nitrogens with one attached hydrogen (secondary N) is 2. The van der Waals surface area contributed by atoms with Crippen LogP contribution in [0, 0.1) is 13.8 Å². The summed E-state index contributed by atoms with van der Waals surface area (Å²) in [5.41, 5.74) is 1.99. The van der Waals surface area contributed by atoms with Gasteiger partial charge in [0.05, 0.1) is 34.1 Å². The Bertz CT molecular complexity index is 2250. The monoisotopic (exact) mass is 950 g/mol. The number of hydrogen-bond donors (Lipinski definition) is 2. The van der Waals surface area contributed by atoms with Crippen LogP contribution in [-0.2, 0) is 19.2 Å². The largest absolute Gasteiger partial charge is 1.00 e. The molecule has 8 rings (SSSR count). The van der Waals surface area contributed by atoms with E-state index in [0.717, 1.165) is 0 Å². The fourth-order valence-corrected chi connectivity index (χ4v) is 11.3. The summed E-state index contributed by atoms with van der Waals surface area (Å²) in [7, 11) is 0. The number of aliphatic carboxylic acids is 2. The molecule has 0 aliphatic carbocycles. The number of fused-ring (bicyclic) bond motifs is 2. The molecular formula is C38H38Cl2N6Na2O12S2. The van der Waals surface area contributed by atoms with Gasteiger partial charge in [-0.25, -0.2) is 0 Å². The topological polar surface area (TPSA) is 294 Å². The second-order valence-corrected chi connectivity index (χ2v) is 19.3. The predicted octanol–water partition coefficient (Wildman–Crippen LogP) is -5.21. The molecule has 4 aliphatic rings. The molecule has 2 aromatic carbocycles. The van der Waals surface area contributed by atoms with E-state index in [9.17, 15) is 39.0 Å². The van der Waals surface area contributed by atoms with Gasteiger partial charge in [-0.2, -0.15) is 0 Å². The molecule has 62 heavy (non-hydrogen) atoms. The minimum atomic E-state index is -1.31. The third kappa shape index (κ3) is 9.21. The number of halogens is 2. The molecule has 0 spiro atoms. The minimum absolute atomic E-state index is 0. The summed E-state index contributed by atoms with van der Waals surface area (Å²) >= 11 is 15.1. The van der Waals surface area contributed by atoms with E-state index < -0.39 is 80.0 Å². The number of hydrogen-bond acceptors (Lipinski definition) is 14. The number of carbonyl (C=O) groups is 6. The standard InChI is InChI=1S/2C19H18ClN3O5S.2Na.2H2O/c2*1-8-11(12(22-28-8)9-6-4-5-7-10(9)20)15(24)21-13-16(25)23-14(18(26)27)19(2,3)29-17(13)23;;;;/h2*4-7,13-14,17H,1-3H3,(H,21,24)(H,26,27);;;2*1H2/q;;2*+1;;/p-2/t2*13-,14+,17-;;;;/m11..../s1. The first-order valence-electron chi connectivity index (χ1n) is 17.7. The maximum atomic E-state index is 13.0. The van der Waals surface area contributed by atoms with Gasteiger partial charge in [0.2, 0.25) is 11.8 Å². The van der Waals surface area contributed by atoms with Gasteiger partial charge in [-0.05, 0) is 53.7 Å². The van der Waals surface area contributed by atoms with Crippen LogP contribution in [0.2, 0.25) is 10.0 Å². The number of aryl methyl sites for hydroxylation is 2. The minimum Gasteiger partial charge on any atom is -0.548 e. The number of thioether (sulfide) groups is 2. The van der Waals surface area contributed by atoms with E-state index in [2.05, 4.69) is 20.9 Å². The maximum Gasteiger partial charge on any atom is 1.00 e. The van der Waals surface area contributed by atoms with Crippen LogP contribution in [0.4, 0.5) is 0 Å². The number of carboxylic acid groups (broad SMARTS) is 2. The quantitative estimate of drug-likeness (QED) is 0.123. The number of β-lactam (4-membered cyclic amide) rings is 2. The van der Waals surface area contributed by atoms with Gasteiger partial charge in [0.25, 0.3) is 11.8 Å². The molecule has 24 heteroatoms. The van der Waals surface area contributed by atoms with Crippen LogP contribution >= 0.6 is 46.7 Å². The molecule has 2 aromatic heterocycles. The molecule has 0 bridgehead atoms. The Balaban J connectivity index is 0.000000310. The van der Waals surface area contributed by atoms with Gasteiger partial charge in [-0.1, -0.05) is 69.9 Å². The van der Waals surface area contributed by atoms with Crippen LogP contribution in [-0.4, -0.2) is 111 Å². The molecule has 0 radical (unpaired) electrons. The Morgan fingerprint density at radius 2 is 0.984 bits per heavy atom. The summed E-state index contributed by atoms with van der Waals surface area (Å²) < 4.78 is 8.94. The third-order valence-electron chi connectivity index (χ3n) is 10.3. The molecule has 18 nitrogen and oxygen atoms in total. The van der Waals surface area contributed by atoms with E-state index in [1.807, 2.05) is 0 Å². The normalized spacial score (nSPS) is 23.2. The Labute approximate surface area is 417 Å². The van der Waals surface area contributed by atoms with E-state index in [0.29, 0.717) is 21.2 Å². The Morgan fingerprint density at radius 3 is 1.29 bits per heavy atom. The van der Waals surface area contributed by atoms with Crippen LogP contribution in [0.3, 0.4) is 0 Å². The van der Waals surface area contributed by atoms with Crippen LogP contribution in [0.5, 0.6) is 0 Å². The number of benzene rings is 2. The zero-order valence-corrected chi connectivity index (χ0v) is 41.7.